The maximum absolute atomic E-state index is 5.68. The van der Waals surface area contributed by atoms with Gasteiger partial charge in [-0.15, -0.1) is 0 Å². The molecule has 1 N–H and O–H groups in total. The highest BCUT2D eigenvalue weighted by Crippen LogP contribution is 2.20. The Balaban J connectivity index is 1.99. The lowest BCUT2D eigenvalue weighted by atomic mass is 10.1. The number of aryl methyl sites for hydroxylation is 2. The van der Waals surface area contributed by atoms with Crippen LogP contribution in [0.15, 0.2) is 0 Å². The number of nitrogens with zero attached hydrogens (tertiary/aromatic N) is 2. The molecule has 2 rings (SSSR count). The zero-order valence-corrected chi connectivity index (χ0v) is 13.6. The van der Waals surface area contributed by atoms with Crippen molar-refractivity contribution in [2.45, 2.75) is 40.2 Å². The van der Waals surface area contributed by atoms with E-state index in [-0.39, 0.29) is 6.10 Å². The van der Waals surface area contributed by atoms with Gasteiger partial charge < -0.3 is 14.8 Å². The highest BCUT2D eigenvalue weighted by Gasteiger charge is 2.21. The number of aromatic nitrogens is 2. The first-order valence-electron chi connectivity index (χ1n) is 7.82. The molecule has 1 atom stereocenters. The van der Waals surface area contributed by atoms with Gasteiger partial charge in [0.1, 0.15) is 6.10 Å². The van der Waals surface area contributed by atoms with Crippen LogP contribution in [0.3, 0.4) is 0 Å². The molecule has 0 aliphatic carbocycles. The van der Waals surface area contributed by atoms with E-state index < -0.39 is 0 Å². The third kappa shape index (κ3) is 4.73. The average molecular weight is 293 g/mol. The van der Waals surface area contributed by atoms with Crippen LogP contribution in [-0.4, -0.2) is 42.9 Å². The van der Waals surface area contributed by atoms with Gasteiger partial charge in [0.15, 0.2) is 5.82 Å². The maximum atomic E-state index is 5.68. The molecule has 1 fully saturated rings. The molecular weight excluding hydrogens is 266 g/mol. The van der Waals surface area contributed by atoms with Crippen molar-refractivity contribution in [2.75, 3.05) is 32.9 Å². The highest BCUT2D eigenvalue weighted by atomic mass is 16.6. The Hall–Kier alpha value is -1.04. The third-order valence-corrected chi connectivity index (χ3v) is 3.65. The Morgan fingerprint density at radius 1 is 1.19 bits per heavy atom. The molecule has 0 spiro atoms. The molecule has 1 aliphatic heterocycles. The van der Waals surface area contributed by atoms with Crippen LogP contribution in [0.5, 0.6) is 0 Å². The number of hydrogen-bond acceptors (Lipinski definition) is 5. The topological polar surface area (TPSA) is 56.3 Å². The van der Waals surface area contributed by atoms with Gasteiger partial charge in [0.2, 0.25) is 0 Å². The normalized spacial score (nSPS) is 19.2. The van der Waals surface area contributed by atoms with E-state index in [0.717, 1.165) is 36.7 Å². The predicted octanol–water partition coefficient (Wildman–Crippen LogP) is 1.97. The zero-order chi connectivity index (χ0) is 15.2. The van der Waals surface area contributed by atoms with Gasteiger partial charge in [-0.2, -0.15) is 0 Å². The summed E-state index contributed by atoms with van der Waals surface area (Å²) in [5.74, 6) is 1.43. The lowest BCUT2D eigenvalue weighted by Crippen LogP contribution is -2.25. The van der Waals surface area contributed by atoms with Crippen LogP contribution in [0.25, 0.3) is 0 Å². The molecule has 1 saturated heterocycles. The van der Waals surface area contributed by atoms with Gasteiger partial charge in [0.25, 0.3) is 0 Å². The molecule has 5 nitrogen and oxygen atoms in total. The molecule has 0 bridgehead atoms. The summed E-state index contributed by atoms with van der Waals surface area (Å²) in [4.78, 5) is 9.26. The van der Waals surface area contributed by atoms with Gasteiger partial charge in [0, 0.05) is 11.4 Å². The second kappa shape index (κ2) is 7.82. The lowest BCUT2D eigenvalue weighted by molar-refractivity contribution is -0.0936. The summed E-state index contributed by atoms with van der Waals surface area (Å²) >= 11 is 0. The fourth-order valence-corrected chi connectivity index (χ4v) is 2.51. The quantitative estimate of drug-likeness (QED) is 0.813. The summed E-state index contributed by atoms with van der Waals surface area (Å²) in [5, 5.41) is 3.47. The van der Waals surface area contributed by atoms with E-state index in [0.29, 0.717) is 25.7 Å². The van der Waals surface area contributed by atoms with Crippen LogP contribution < -0.4 is 5.32 Å². The van der Waals surface area contributed by atoms with Crippen LogP contribution in [0.1, 0.15) is 42.7 Å². The van der Waals surface area contributed by atoms with E-state index in [2.05, 4.69) is 43.0 Å². The number of rotatable bonds is 6. The van der Waals surface area contributed by atoms with E-state index in [1.807, 2.05) is 0 Å². The number of hydrogen-bond donors (Lipinski definition) is 1. The van der Waals surface area contributed by atoms with Crippen LogP contribution in [0.4, 0.5) is 0 Å². The fourth-order valence-electron chi connectivity index (χ4n) is 2.51. The number of ether oxygens (including phenoxy) is 2. The van der Waals surface area contributed by atoms with Gasteiger partial charge >= 0.3 is 0 Å². The van der Waals surface area contributed by atoms with Gasteiger partial charge in [0.05, 0.1) is 19.8 Å². The van der Waals surface area contributed by atoms with Gasteiger partial charge in [-0.1, -0.05) is 13.8 Å². The molecule has 5 heteroatoms. The van der Waals surface area contributed by atoms with Crippen molar-refractivity contribution in [3.8, 4) is 0 Å². The summed E-state index contributed by atoms with van der Waals surface area (Å²) in [6.07, 6.45) is 0.844. The maximum Gasteiger partial charge on any atom is 0.160 e. The van der Waals surface area contributed by atoms with E-state index >= 15 is 0 Å². The monoisotopic (exact) mass is 293 g/mol. The molecule has 1 aliphatic rings. The Kier molecular flexibility index (Phi) is 6.08. The van der Waals surface area contributed by atoms with Gasteiger partial charge in [-0.05, 0) is 44.8 Å². The van der Waals surface area contributed by atoms with Crippen LogP contribution in [0, 0.1) is 19.8 Å². The Morgan fingerprint density at radius 2 is 1.90 bits per heavy atom. The molecule has 0 saturated carbocycles. The van der Waals surface area contributed by atoms with Gasteiger partial charge in [-0.3, -0.25) is 0 Å². The van der Waals surface area contributed by atoms with Crippen molar-refractivity contribution in [3.05, 3.63) is 22.8 Å². The van der Waals surface area contributed by atoms with E-state index in [4.69, 9.17) is 9.47 Å². The summed E-state index contributed by atoms with van der Waals surface area (Å²) in [5.41, 5.74) is 3.35. The number of nitrogens with one attached hydrogen (secondary N) is 1. The molecule has 1 unspecified atom stereocenters. The van der Waals surface area contributed by atoms with Crippen LogP contribution in [0.2, 0.25) is 0 Å². The van der Waals surface area contributed by atoms with Crippen molar-refractivity contribution >= 4 is 0 Å². The van der Waals surface area contributed by atoms with Gasteiger partial charge in [-0.25, -0.2) is 9.97 Å². The Labute approximate surface area is 127 Å². The van der Waals surface area contributed by atoms with E-state index in [9.17, 15) is 0 Å². The first-order chi connectivity index (χ1) is 10.1. The zero-order valence-electron chi connectivity index (χ0n) is 13.6. The van der Waals surface area contributed by atoms with Crippen LogP contribution >= 0.6 is 0 Å². The first-order valence-corrected chi connectivity index (χ1v) is 7.82. The molecule has 118 valence electrons. The average Bonchev–Trinajstić information content (AvgIpc) is 2.46. The van der Waals surface area contributed by atoms with Crippen LogP contribution in [-0.2, 0) is 15.9 Å². The SMILES string of the molecule is Cc1nc(C2COCCO2)nc(C)c1CCNCC(C)C. The first kappa shape index (κ1) is 16.3. The van der Waals surface area contributed by atoms with Crippen molar-refractivity contribution in [3.63, 3.8) is 0 Å². The molecule has 2 heterocycles. The highest BCUT2D eigenvalue weighted by molar-refractivity contribution is 5.25. The van der Waals surface area contributed by atoms with Crippen molar-refractivity contribution in [1.82, 2.24) is 15.3 Å². The summed E-state index contributed by atoms with van der Waals surface area (Å²) < 4.78 is 11.1. The largest absolute Gasteiger partial charge is 0.376 e. The summed E-state index contributed by atoms with van der Waals surface area (Å²) in [7, 11) is 0. The smallest absolute Gasteiger partial charge is 0.160 e. The minimum atomic E-state index is -0.121. The third-order valence-electron chi connectivity index (χ3n) is 3.65. The minimum absolute atomic E-state index is 0.121. The molecule has 1 aromatic rings. The predicted molar refractivity (Wildman–Crippen MR) is 82.4 cm³/mol. The Morgan fingerprint density at radius 3 is 2.48 bits per heavy atom. The standard InChI is InChI=1S/C16H27N3O2/c1-11(2)9-17-6-5-14-12(3)18-16(19-13(14)4)15-10-20-7-8-21-15/h11,15,17H,5-10H2,1-4H3. The minimum Gasteiger partial charge on any atom is -0.376 e. The second-order valence-corrected chi connectivity index (χ2v) is 6.01. The Bertz CT molecular complexity index is 434. The molecular formula is C16H27N3O2. The summed E-state index contributed by atoms with van der Waals surface area (Å²) in [6, 6.07) is 0. The molecule has 0 radical (unpaired) electrons. The second-order valence-electron chi connectivity index (χ2n) is 6.01. The molecule has 0 amide bonds. The van der Waals surface area contributed by atoms with E-state index in [1.165, 1.54) is 5.56 Å². The van der Waals surface area contributed by atoms with E-state index in [1.54, 1.807) is 0 Å². The summed E-state index contributed by atoms with van der Waals surface area (Å²) in [6.45, 7) is 12.4. The molecule has 0 aromatic carbocycles. The molecule has 1 aromatic heterocycles. The fraction of sp³-hybridized carbons (Fsp3) is 0.750. The lowest BCUT2D eigenvalue weighted by Gasteiger charge is -2.23. The molecule has 21 heavy (non-hydrogen) atoms. The van der Waals surface area contributed by atoms with Crippen molar-refractivity contribution in [2.24, 2.45) is 5.92 Å². The van der Waals surface area contributed by atoms with Crippen molar-refractivity contribution in [1.29, 1.82) is 0 Å². The van der Waals surface area contributed by atoms with Crippen molar-refractivity contribution < 1.29 is 9.47 Å².